The normalized spacial score (nSPS) is 10.8. The van der Waals surface area contributed by atoms with E-state index >= 15 is 0 Å². The van der Waals surface area contributed by atoms with E-state index in [0.717, 1.165) is 39.3 Å². The van der Waals surface area contributed by atoms with Crippen molar-refractivity contribution in [2.45, 2.75) is 20.8 Å². The van der Waals surface area contributed by atoms with E-state index in [1.807, 2.05) is 92.0 Å². The molecule has 0 spiro atoms. The van der Waals surface area contributed by atoms with Crippen molar-refractivity contribution in [3.8, 4) is 11.3 Å². The highest BCUT2D eigenvalue weighted by atomic mass is 16.2. The number of aromatic nitrogens is 2. The Bertz CT molecular complexity index is 1160. The number of amides is 2. The molecular weight excluding hydrogens is 348 g/mol. The zero-order valence-electron chi connectivity index (χ0n) is 16.2. The molecule has 4 rings (SSSR count). The minimum absolute atomic E-state index is 0.305. The first kappa shape index (κ1) is 17.8. The molecule has 0 radical (unpaired) electrons. The van der Waals surface area contributed by atoms with Crippen LogP contribution in [-0.4, -0.2) is 15.4 Å². The molecule has 28 heavy (non-hydrogen) atoms. The van der Waals surface area contributed by atoms with Crippen LogP contribution < -0.4 is 10.6 Å². The molecule has 2 N–H and O–H groups in total. The molecule has 0 aliphatic heterocycles. The van der Waals surface area contributed by atoms with Crippen molar-refractivity contribution in [3.05, 3.63) is 83.6 Å². The number of hydrogen-bond acceptors (Lipinski definition) is 2. The fraction of sp³-hybridized carbons (Fsp3) is 0.130. The number of hydrogen-bond donors (Lipinski definition) is 2. The van der Waals surface area contributed by atoms with E-state index in [0.29, 0.717) is 5.82 Å². The highest BCUT2D eigenvalue weighted by molar-refractivity contribution is 6.02. The number of aryl methyl sites for hydroxylation is 3. The molecular formula is C23H22N4O. The van der Waals surface area contributed by atoms with Crippen LogP contribution in [0.3, 0.4) is 0 Å². The topological polar surface area (TPSA) is 58.4 Å². The Morgan fingerprint density at radius 1 is 0.893 bits per heavy atom. The van der Waals surface area contributed by atoms with Crippen LogP contribution >= 0.6 is 0 Å². The summed E-state index contributed by atoms with van der Waals surface area (Å²) in [6.07, 6.45) is 1.93. The molecule has 0 bridgehead atoms. The minimum Gasteiger partial charge on any atom is -0.308 e. The van der Waals surface area contributed by atoms with Gasteiger partial charge in [-0.15, -0.1) is 0 Å². The van der Waals surface area contributed by atoms with Crippen molar-refractivity contribution in [1.29, 1.82) is 0 Å². The Morgan fingerprint density at radius 3 is 2.39 bits per heavy atom. The maximum Gasteiger partial charge on any atom is 0.324 e. The number of urea groups is 1. The van der Waals surface area contributed by atoms with Gasteiger partial charge in [-0.25, -0.2) is 9.78 Å². The summed E-state index contributed by atoms with van der Waals surface area (Å²) in [7, 11) is 0. The number of carbonyl (C=O) groups excluding carboxylic acids is 1. The van der Waals surface area contributed by atoms with Gasteiger partial charge < -0.3 is 5.32 Å². The Morgan fingerprint density at radius 2 is 1.64 bits per heavy atom. The Kier molecular flexibility index (Phi) is 4.57. The van der Waals surface area contributed by atoms with Crippen LogP contribution in [0.1, 0.15) is 16.7 Å². The third-order valence-corrected chi connectivity index (χ3v) is 4.72. The van der Waals surface area contributed by atoms with E-state index in [1.165, 1.54) is 0 Å². The molecule has 0 saturated carbocycles. The van der Waals surface area contributed by atoms with Crippen LogP contribution in [-0.2, 0) is 0 Å². The van der Waals surface area contributed by atoms with Crippen molar-refractivity contribution in [3.63, 3.8) is 0 Å². The second-order valence-electron chi connectivity index (χ2n) is 7.00. The van der Waals surface area contributed by atoms with Gasteiger partial charge in [0.2, 0.25) is 0 Å². The van der Waals surface area contributed by atoms with Crippen LogP contribution in [0.5, 0.6) is 0 Å². The predicted octanol–water partition coefficient (Wildman–Crippen LogP) is 5.57. The highest BCUT2D eigenvalue weighted by Crippen LogP contribution is 2.31. The Balaban J connectivity index is 1.74. The van der Waals surface area contributed by atoms with Gasteiger partial charge in [0, 0.05) is 17.4 Å². The number of nitrogens with one attached hydrogen (secondary N) is 2. The Hall–Kier alpha value is -3.60. The largest absolute Gasteiger partial charge is 0.324 e. The first-order valence-corrected chi connectivity index (χ1v) is 9.20. The number of fused-ring (bicyclic) bond motifs is 1. The maximum atomic E-state index is 12.7. The lowest BCUT2D eigenvalue weighted by atomic mass is 10.1. The average molecular weight is 370 g/mol. The lowest BCUT2D eigenvalue weighted by molar-refractivity contribution is 0.262. The third kappa shape index (κ3) is 3.47. The highest BCUT2D eigenvalue weighted by Gasteiger charge is 2.18. The molecule has 4 aromatic rings. The zero-order chi connectivity index (χ0) is 19.7. The van der Waals surface area contributed by atoms with Gasteiger partial charge in [0.1, 0.15) is 17.2 Å². The smallest absolute Gasteiger partial charge is 0.308 e. The van der Waals surface area contributed by atoms with E-state index < -0.39 is 0 Å². The zero-order valence-corrected chi connectivity index (χ0v) is 16.2. The van der Waals surface area contributed by atoms with E-state index in [9.17, 15) is 4.79 Å². The van der Waals surface area contributed by atoms with E-state index in [2.05, 4.69) is 10.6 Å². The summed E-state index contributed by atoms with van der Waals surface area (Å²) in [6, 6.07) is 19.4. The molecule has 2 heterocycles. The van der Waals surface area contributed by atoms with Crippen molar-refractivity contribution >= 4 is 23.2 Å². The Labute approximate surface area is 164 Å². The van der Waals surface area contributed by atoms with E-state index in [4.69, 9.17) is 4.98 Å². The molecule has 2 aromatic carbocycles. The molecule has 0 saturated heterocycles. The summed E-state index contributed by atoms with van der Waals surface area (Å²) in [5.74, 6) is 0.647. The number of rotatable bonds is 3. The molecule has 2 aromatic heterocycles. The first-order valence-electron chi connectivity index (χ1n) is 9.20. The van der Waals surface area contributed by atoms with E-state index in [-0.39, 0.29) is 6.03 Å². The average Bonchev–Trinajstić information content (AvgIpc) is 3.01. The van der Waals surface area contributed by atoms with Crippen LogP contribution in [0.15, 0.2) is 66.9 Å². The fourth-order valence-electron chi connectivity index (χ4n) is 3.20. The summed E-state index contributed by atoms with van der Waals surface area (Å²) < 4.78 is 1.91. The number of pyridine rings is 1. The molecule has 0 fully saturated rings. The molecule has 0 atom stereocenters. The summed E-state index contributed by atoms with van der Waals surface area (Å²) in [6.45, 7) is 6.08. The molecule has 140 valence electrons. The van der Waals surface area contributed by atoms with Gasteiger partial charge in [-0.1, -0.05) is 42.0 Å². The molecule has 2 amide bonds. The SMILES string of the molecule is Cc1ccc(NC(=O)Nc2c(-c3ccccc3C)nc3cc(C)ccn23)cc1. The lowest BCUT2D eigenvalue weighted by Crippen LogP contribution is -2.20. The van der Waals surface area contributed by atoms with E-state index in [1.54, 1.807) is 0 Å². The number of carbonyl (C=O) groups is 1. The summed E-state index contributed by atoms with van der Waals surface area (Å²) >= 11 is 0. The lowest BCUT2D eigenvalue weighted by Gasteiger charge is -2.11. The van der Waals surface area contributed by atoms with Gasteiger partial charge in [-0.2, -0.15) is 0 Å². The van der Waals surface area contributed by atoms with Gasteiger partial charge in [-0.3, -0.25) is 9.72 Å². The van der Waals surface area contributed by atoms with Gasteiger partial charge in [0.25, 0.3) is 0 Å². The summed E-state index contributed by atoms with van der Waals surface area (Å²) in [4.78, 5) is 17.5. The molecule has 0 aliphatic carbocycles. The molecule has 0 aliphatic rings. The van der Waals surface area contributed by atoms with Crippen LogP contribution in [0.4, 0.5) is 16.3 Å². The van der Waals surface area contributed by atoms with Gasteiger partial charge in [0.05, 0.1) is 0 Å². The maximum absolute atomic E-state index is 12.7. The summed E-state index contributed by atoms with van der Waals surface area (Å²) in [5.41, 5.74) is 6.64. The fourth-order valence-corrected chi connectivity index (χ4v) is 3.20. The predicted molar refractivity (Wildman–Crippen MR) is 114 cm³/mol. The van der Waals surface area contributed by atoms with Crippen molar-refractivity contribution in [2.24, 2.45) is 0 Å². The van der Waals surface area contributed by atoms with Crippen LogP contribution in [0.25, 0.3) is 16.9 Å². The second-order valence-corrected chi connectivity index (χ2v) is 7.00. The quantitative estimate of drug-likeness (QED) is 0.495. The van der Waals surface area contributed by atoms with Crippen molar-refractivity contribution in [1.82, 2.24) is 9.38 Å². The van der Waals surface area contributed by atoms with Gasteiger partial charge in [-0.05, 0) is 56.2 Å². The number of imidazole rings is 1. The standard InChI is InChI=1S/C23H22N4O/c1-15-8-10-18(11-9-15)24-23(28)26-22-21(19-7-5-4-6-17(19)3)25-20-14-16(2)12-13-27(20)22/h4-14H,1-3H3,(H2,24,26,28). The van der Waals surface area contributed by atoms with Crippen LogP contribution in [0.2, 0.25) is 0 Å². The molecule has 5 nitrogen and oxygen atoms in total. The van der Waals surface area contributed by atoms with Crippen molar-refractivity contribution in [2.75, 3.05) is 10.6 Å². The molecule has 0 unspecified atom stereocenters. The minimum atomic E-state index is -0.305. The monoisotopic (exact) mass is 370 g/mol. The second kappa shape index (κ2) is 7.19. The summed E-state index contributed by atoms with van der Waals surface area (Å²) in [5, 5.41) is 5.88. The van der Waals surface area contributed by atoms with Crippen molar-refractivity contribution < 1.29 is 4.79 Å². The number of anilines is 2. The van der Waals surface area contributed by atoms with Crippen LogP contribution in [0, 0.1) is 20.8 Å². The molecule has 5 heteroatoms. The number of benzene rings is 2. The van der Waals surface area contributed by atoms with Gasteiger partial charge >= 0.3 is 6.03 Å². The number of nitrogens with zero attached hydrogens (tertiary/aromatic N) is 2. The van der Waals surface area contributed by atoms with Gasteiger partial charge in [0.15, 0.2) is 0 Å². The first-order chi connectivity index (χ1) is 13.5. The third-order valence-electron chi connectivity index (χ3n) is 4.72.